The van der Waals surface area contributed by atoms with Crippen molar-refractivity contribution >= 4 is 16.6 Å². The number of benzene rings is 1. The van der Waals surface area contributed by atoms with Crippen LogP contribution in [-0.4, -0.2) is 75.0 Å². The van der Waals surface area contributed by atoms with E-state index in [0.29, 0.717) is 6.04 Å². The van der Waals surface area contributed by atoms with Crippen LogP contribution in [0.1, 0.15) is 19.5 Å². The van der Waals surface area contributed by atoms with E-state index in [0.717, 1.165) is 84.2 Å². The number of pyridine rings is 2. The minimum Gasteiger partial charge on any atom is -0.382 e. The predicted octanol–water partition coefficient (Wildman–Crippen LogP) is 4.43. The smallest absolute Gasteiger partial charge is 0.0977 e. The Bertz CT molecular complexity index is 1250. The van der Waals surface area contributed by atoms with E-state index in [-0.39, 0.29) is 0 Å². The maximum absolute atomic E-state index is 4.67. The quantitative estimate of drug-likeness (QED) is 0.429. The minimum absolute atomic E-state index is 0.638. The van der Waals surface area contributed by atoms with Gasteiger partial charge in [-0.05, 0) is 51.1 Å². The molecule has 0 aliphatic carbocycles. The van der Waals surface area contributed by atoms with Crippen LogP contribution in [0.25, 0.3) is 33.5 Å². The van der Waals surface area contributed by atoms with Crippen molar-refractivity contribution in [2.45, 2.75) is 26.8 Å². The monoisotopic (exact) mass is 455 g/mol. The zero-order valence-electron chi connectivity index (χ0n) is 20.3. The van der Waals surface area contributed by atoms with Crippen molar-refractivity contribution in [2.75, 3.05) is 44.6 Å². The number of hydrogen-bond acceptors (Lipinski definition) is 6. The summed E-state index contributed by atoms with van der Waals surface area (Å²) < 4.78 is 0. The van der Waals surface area contributed by atoms with E-state index in [2.05, 4.69) is 73.2 Å². The zero-order valence-corrected chi connectivity index (χ0v) is 20.3. The maximum Gasteiger partial charge on any atom is 0.0977 e. The first kappa shape index (κ1) is 22.5. The Hall–Kier alpha value is -3.29. The van der Waals surface area contributed by atoms with E-state index in [1.54, 1.807) is 6.33 Å². The summed E-state index contributed by atoms with van der Waals surface area (Å²) in [5, 5.41) is 4.66. The molecule has 176 valence electrons. The average molecular weight is 456 g/mol. The molecule has 0 spiro atoms. The molecule has 3 aromatic heterocycles. The molecule has 0 bridgehead atoms. The molecule has 4 heterocycles. The number of aromatic amines is 1. The van der Waals surface area contributed by atoms with Gasteiger partial charge < -0.3 is 10.3 Å². The second-order valence-electron chi connectivity index (χ2n) is 9.32. The van der Waals surface area contributed by atoms with Gasteiger partial charge in [0.1, 0.15) is 0 Å². The molecule has 1 aromatic carbocycles. The van der Waals surface area contributed by atoms with E-state index in [1.165, 1.54) is 0 Å². The first-order valence-corrected chi connectivity index (χ1v) is 12.1. The molecule has 7 nitrogen and oxygen atoms in total. The second-order valence-corrected chi connectivity index (χ2v) is 9.32. The summed E-state index contributed by atoms with van der Waals surface area (Å²) in [6.07, 6.45) is 3.66. The van der Waals surface area contributed by atoms with Gasteiger partial charge >= 0.3 is 0 Å². The summed E-state index contributed by atoms with van der Waals surface area (Å²) in [5.41, 5.74) is 6.79. The standard InChI is InChI=1S/C27H33N7/c1-19(2)34-13-11-33(12-14-34)10-9-28-23-16-22-15-21(7-8-24(22)29-17-23)26-27(31-18-30-26)25-6-4-5-20(3)32-25/h4-8,15-19,28H,9-14H2,1-3H3,(H,30,31). The lowest BCUT2D eigenvalue weighted by molar-refractivity contribution is 0.111. The van der Waals surface area contributed by atoms with Gasteiger partial charge in [-0.15, -0.1) is 0 Å². The summed E-state index contributed by atoms with van der Waals surface area (Å²) in [7, 11) is 0. The molecule has 0 amide bonds. The van der Waals surface area contributed by atoms with Crippen LogP contribution in [0, 0.1) is 6.92 Å². The Morgan fingerprint density at radius 1 is 1.03 bits per heavy atom. The Morgan fingerprint density at radius 2 is 1.88 bits per heavy atom. The molecule has 0 radical (unpaired) electrons. The lowest BCUT2D eigenvalue weighted by atomic mass is 10.0. The van der Waals surface area contributed by atoms with E-state index in [1.807, 2.05) is 31.3 Å². The van der Waals surface area contributed by atoms with Gasteiger partial charge in [0.2, 0.25) is 0 Å². The Balaban J connectivity index is 1.28. The highest BCUT2D eigenvalue weighted by Gasteiger charge is 2.18. The summed E-state index contributed by atoms with van der Waals surface area (Å²) >= 11 is 0. The molecule has 4 aromatic rings. The third-order valence-corrected chi connectivity index (χ3v) is 6.63. The van der Waals surface area contributed by atoms with E-state index >= 15 is 0 Å². The zero-order chi connectivity index (χ0) is 23.5. The number of aromatic nitrogens is 4. The summed E-state index contributed by atoms with van der Waals surface area (Å²) in [6, 6.07) is 15.2. The van der Waals surface area contributed by atoms with Gasteiger partial charge in [-0.3, -0.25) is 19.8 Å². The van der Waals surface area contributed by atoms with Gasteiger partial charge in [0.15, 0.2) is 0 Å². The summed E-state index contributed by atoms with van der Waals surface area (Å²) in [4.78, 5) is 22.3. The number of hydrogen-bond donors (Lipinski definition) is 2. The summed E-state index contributed by atoms with van der Waals surface area (Å²) in [6.45, 7) is 13.1. The fourth-order valence-electron chi connectivity index (χ4n) is 4.63. The summed E-state index contributed by atoms with van der Waals surface area (Å²) in [5.74, 6) is 0. The number of H-pyrrole nitrogens is 1. The third kappa shape index (κ3) is 4.95. The van der Waals surface area contributed by atoms with Crippen LogP contribution in [0.2, 0.25) is 0 Å². The Kier molecular flexibility index (Phi) is 6.56. The van der Waals surface area contributed by atoms with Crippen LogP contribution < -0.4 is 5.32 Å². The fraction of sp³-hybridized carbons (Fsp3) is 0.370. The molecular formula is C27H33N7. The molecule has 0 saturated carbocycles. The molecule has 0 unspecified atom stereocenters. The average Bonchev–Trinajstić information content (AvgIpc) is 3.34. The second kappa shape index (κ2) is 9.91. The van der Waals surface area contributed by atoms with Crippen molar-refractivity contribution in [3.63, 3.8) is 0 Å². The number of imidazole rings is 1. The van der Waals surface area contributed by atoms with Crippen LogP contribution in [0.15, 0.2) is 55.0 Å². The molecule has 1 saturated heterocycles. The number of nitrogens with one attached hydrogen (secondary N) is 2. The largest absolute Gasteiger partial charge is 0.382 e. The number of anilines is 1. The molecule has 1 aliphatic heterocycles. The first-order chi connectivity index (χ1) is 16.6. The molecule has 7 heteroatoms. The highest BCUT2D eigenvalue weighted by molar-refractivity contribution is 5.88. The number of piperazine rings is 1. The van der Waals surface area contributed by atoms with Gasteiger partial charge in [-0.2, -0.15) is 0 Å². The normalized spacial score (nSPS) is 15.3. The lowest BCUT2D eigenvalue weighted by Gasteiger charge is -2.36. The molecular weight excluding hydrogens is 422 g/mol. The number of nitrogens with zero attached hydrogens (tertiary/aromatic N) is 5. The minimum atomic E-state index is 0.638. The Labute approximate surface area is 201 Å². The van der Waals surface area contributed by atoms with E-state index in [9.17, 15) is 0 Å². The van der Waals surface area contributed by atoms with Crippen molar-refractivity contribution in [2.24, 2.45) is 0 Å². The van der Waals surface area contributed by atoms with Gasteiger partial charge in [-0.25, -0.2) is 4.98 Å². The van der Waals surface area contributed by atoms with Crippen molar-refractivity contribution in [3.05, 3.63) is 60.7 Å². The number of rotatable bonds is 7. The lowest BCUT2D eigenvalue weighted by Crippen LogP contribution is -2.49. The Morgan fingerprint density at radius 3 is 2.68 bits per heavy atom. The van der Waals surface area contributed by atoms with Crippen molar-refractivity contribution in [3.8, 4) is 22.6 Å². The molecule has 0 atom stereocenters. The predicted molar refractivity (Wildman–Crippen MR) is 139 cm³/mol. The maximum atomic E-state index is 4.67. The van der Waals surface area contributed by atoms with Crippen molar-refractivity contribution in [1.29, 1.82) is 0 Å². The third-order valence-electron chi connectivity index (χ3n) is 6.63. The van der Waals surface area contributed by atoms with E-state index in [4.69, 9.17) is 0 Å². The fourth-order valence-corrected chi connectivity index (χ4v) is 4.63. The van der Waals surface area contributed by atoms with Crippen molar-refractivity contribution < 1.29 is 0 Å². The van der Waals surface area contributed by atoms with E-state index < -0.39 is 0 Å². The highest BCUT2D eigenvalue weighted by atomic mass is 15.3. The topological polar surface area (TPSA) is 73.0 Å². The van der Waals surface area contributed by atoms with Gasteiger partial charge in [0.25, 0.3) is 0 Å². The molecule has 34 heavy (non-hydrogen) atoms. The van der Waals surface area contributed by atoms with Crippen LogP contribution in [-0.2, 0) is 0 Å². The van der Waals surface area contributed by atoms with Crippen LogP contribution in [0.3, 0.4) is 0 Å². The number of fused-ring (bicyclic) bond motifs is 1. The van der Waals surface area contributed by atoms with Crippen LogP contribution in [0.5, 0.6) is 0 Å². The number of aryl methyl sites for hydroxylation is 1. The molecule has 2 N–H and O–H groups in total. The van der Waals surface area contributed by atoms with Gasteiger partial charge in [0.05, 0.1) is 40.8 Å². The molecule has 1 fully saturated rings. The van der Waals surface area contributed by atoms with Crippen molar-refractivity contribution in [1.82, 2.24) is 29.7 Å². The van der Waals surface area contributed by atoms with Gasteiger partial charge in [-0.1, -0.05) is 12.1 Å². The van der Waals surface area contributed by atoms with Gasteiger partial charge in [0, 0.05) is 62.0 Å². The first-order valence-electron chi connectivity index (χ1n) is 12.1. The van der Waals surface area contributed by atoms with Crippen LogP contribution in [0.4, 0.5) is 5.69 Å². The molecule has 1 aliphatic rings. The SMILES string of the molecule is Cc1cccc(-c2[nH]cnc2-c2ccc3ncc(NCCN4CCN(C(C)C)CC4)cc3c2)n1. The molecule has 5 rings (SSSR count). The van der Waals surface area contributed by atoms with Crippen LogP contribution >= 0.6 is 0 Å². The highest BCUT2D eigenvalue weighted by Crippen LogP contribution is 2.30.